The molecule has 0 aliphatic heterocycles. The summed E-state index contributed by atoms with van der Waals surface area (Å²) < 4.78 is 1.90. The summed E-state index contributed by atoms with van der Waals surface area (Å²) in [6.07, 6.45) is 1.65. The summed E-state index contributed by atoms with van der Waals surface area (Å²) >= 11 is 0. The van der Waals surface area contributed by atoms with E-state index in [0.717, 1.165) is 12.1 Å². The van der Waals surface area contributed by atoms with Crippen molar-refractivity contribution in [3.8, 4) is 11.4 Å². The summed E-state index contributed by atoms with van der Waals surface area (Å²) in [6.45, 7) is 4.35. The van der Waals surface area contributed by atoms with Gasteiger partial charge in [0.05, 0.1) is 18.3 Å². The van der Waals surface area contributed by atoms with E-state index in [1.165, 1.54) is 0 Å². The van der Waals surface area contributed by atoms with Gasteiger partial charge in [-0.1, -0.05) is 12.1 Å². The summed E-state index contributed by atoms with van der Waals surface area (Å²) in [5.41, 5.74) is 1.44. The van der Waals surface area contributed by atoms with E-state index in [1.54, 1.807) is 19.3 Å². The normalized spacial score (nSPS) is 12.0. The summed E-state index contributed by atoms with van der Waals surface area (Å²) in [5, 5.41) is 22.4. The number of anilines is 1. The van der Waals surface area contributed by atoms with Crippen LogP contribution in [0, 0.1) is 0 Å². The molecule has 1 atom stereocenters. The molecule has 1 aromatic heterocycles. The lowest BCUT2D eigenvalue weighted by molar-refractivity contribution is 0.229. The molecule has 7 nitrogen and oxygen atoms in total. The third-order valence-electron chi connectivity index (χ3n) is 3.02. The van der Waals surface area contributed by atoms with Gasteiger partial charge in [-0.2, -0.15) is 0 Å². The Hall–Kier alpha value is -2.41. The van der Waals surface area contributed by atoms with E-state index in [1.807, 2.05) is 29.7 Å². The van der Waals surface area contributed by atoms with Crippen LogP contribution >= 0.6 is 0 Å². The van der Waals surface area contributed by atoms with Crippen LogP contribution in [-0.4, -0.2) is 38.6 Å². The Labute approximate surface area is 123 Å². The maximum Gasteiger partial charge on any atom is 0.319 e. The average molecular weight is 289 g/mol. The lowest BCUT2D eigenvalue weighted by Crippen LogP contribution is -2.38. The lowest BCUT2D eigenvalue weighted by atomic mass is 10.1. The molecule has 21 heavy (non-hydrogen) atoms. The molecule has 0 aliphatic carbocycles. The van der Waals surface area contributed by atoms with Gasteiger partial charge in [-0.25, -0.2) is 4.79 Å². The number of hydrogen-bond donors (Lipinski definition) is 3. The van der Waals surface area contributed by atoms with Crippen LogP contribution in [0.4, 0.5) is 10.5 Å². The SMILES string of the molecule is CCn1cnnc1-c1ccccc1NC(=O)NC(C)CO. The minimum absolute atomic E-state index is 0.112. The van der Waals surface area contributed by atoms with Crippen molar-refractivity contribution < 1.29 is 9.90 Å². The molecule has 0 fully saturated rings. The number of aliphatic hydroxyl groups excluding tert-OH is 1. The highest BCUT2D eigenvalue weighted by molar-refractivity contribution is 5.93. The first-order valence-corrected chi connectivity index (χ1v) is 6.81. The number of aromatic nitrogens is 3. The summed E-state index contributed by atoms with van der Waals surface area (Å²) in [7, 11) is 0. The van der Waals surface area contributed by atoms with Gasteiger partial charge in [0.25, 0.3) is 0 Å². The van der Waals surface area contributed by atoms with Crippen LogP contribution in [0.3, 0.4) is 0 Å². The first-order valence-electron chi connectivity index (χ1n) is 6.81. The average Bonchev–Trinajstić information content (AvgIpc) is 2.95. The van der Waals surface area contributed by atoms with Crippen molar-refractivity contribution in [2.24, 2.45) is 0 Å². The number of nitrogens with zero attached hydrogens (tertiary/aromatic N) is 3. The first kappa shape index (κ1) is 15.0. The lowest BCUT2D eigenvalue weighted by Gasteiger charge is -2.14. The fourth-order valence-electron chi connectivity index (χ4n) is 1.91. The quantitative estimate of drug-likeness (QED) is 0.777. The van der Waals surface area contributed by atoms with Crippen molar-refractivity contribution in [3.05, 3.63) is 30.6 Å². The second kappa shape index (κ2) is 6.85. The molecule has 0 saturated carbocycles. The predicted octanol–water partition coefficient (Wildman–Crippen LogP) is 1.47. The van der Waals surface area contributed by atoms with Crippen LogP contribution < -0.4 is 10.6 Å². The summed E-state index contributed by atoms with van der Waals surface area (Å²) in [6, 6.07) is 6.71. The Kier molecular flexibility index (Phi) is 4.89. The number of carbonyl (C=O) groups is 1. The Balaban J connectivity index is 2.23. The zero-order valence-corrected chi connectivity index (χ0v) is 12.1. The number of nitrogens with one attached hydrogen (secondary N) is 2. The number of para-hydroxylation sites is 1. The van der Waals surface area contributed by atoms with Gasteiger partial charge >= 0.3 is 6.03 Å². The van der Waals surface area contributed by atoms with Crippen molar-refractivity contribution in [2.45, 2.75) is 26.4 Å². The number of hydrogen-bond acceptors (Lipinski definition) is 4. The van der Waals surface area contributed by atoms with Crippen LogP contribution in [0.2, 0.25) is 0 Å². The van der Waals surface area contributed by atoms with E-state index in [2.05, 4.69) is 20.8 Å². The highest BCUT2D eigenvalue weighted by Crippen LogP contribution is 2.25. The molecule has 0 saturated heterocycles. The third kappa shape index (κ3) is 3.57. The van der Waals surface area contributed by atoms with E-state index in [4.69, 9.17) is 5.11 Å². The molecule has 2 rings (SSSR count). The smallest absolute Gasteiger partial charge is 0.319 e. The number of amides is 2. The molecule has 0 radical (unpaired) electrons. The van der Waals surface area contributed by atoms with Gasteiger partial charge in [0.1, 0.15) is 6.33 Å². The van der Waals surface area contributed by atoms with Crippen molar-refractivity contribution in [1.29, 1.82) is 0 Å². The molecular weight excluding hydrogens is 270 g/mol. The number of urea groups is 1. The Morgan fingerprint density at radius 1 is 1.43 bits per heavy atom. The fourth-order valence-corrected chi connectivity index (χ4v) is 1.91. The molecule has 1 aromatic carbocycles. The minimum Gasteiger partial charge on any atom is -0.394 e. The molecule has 1 heterocycles. The molecule has 1 unspecified atom stereocenters. The van der Waals surface area contributed by atoms with Gasteiger partial charge in [-0.15, -0.1) is 10.2 Å². The maximum atomic E-state index is 11.9. The number of carbonyl (C=O) groups excluding carboxylic acids is 1. The van der Waals surface area contributed by atoms with Gasteiger partial charge in [0.15, 0.2) is 5.82 Å². The Morgan fingerprint density at radius 3 is 2.90 bits per heavy atom. The minimum atomic E-state index is -0.369. The molecule has 0 bridgehead atoms. The van der Waals surface area contributed by atoms with E-state index in [0.29, 0.717) is 11.5 Å². The van der Waals surface area contributed by atoms with Crippen LogP contribution in [0.5, 0.6) is 0 Å². The topological polar surface area (TPSA) is 92.1 Å². The van der Waals surface area contributed by atoms with Gasteiger partial charge in [0, 0.05) is 12.1 Å². The molecule has 3 N–H and O–H groups in total. The van der Waals surface area contributed by atoms with Crippen molar-refractivity contribution in [2.75, 3.05) is 11.9 Å². The van der Waals surface area contributed by atoms with E-state index in [-0.39, 0.29) is 18.7 Å². The van der Waals surface area contributed by atoms with Crippen LogP contribution in [-0.2, 0) is 6.54 Å². The second-order valence-electron chi connectivity index (χ2n) is 4.67. The second-order valence-corrected chi connectivity index (χ2v) is 4.67. The van der Waals surface area contributed by atoms with E-state index >= 15 is 0 Å². The fraction of sp³-hybridized carbons (Fsp3) is 0.357. The van der Waals surface area contributed by atoms with Crippen molar-refractivity contribution >= 4 is 11.7 Å². The third-order valence-corrected chi connectivity index (χ3v) is 3.02. The zero-order valence-electron chi connectivity index (χ0n) is 12.1. The number of aryl methyl sites for hydroxylation is 1. The highest BCUT2D eigenvalue weighted by atomic mass is 16.3. The molecule has 7 heteroatoms. The Bertz CT molecular complexity index is 611. The van der Waals surface area contributed by atoms with Gasteiger partial charge < -0.3 is 20.3 Å². The largest absolute Gasteiger partial charge is 0.394 e. The van der Waals surface area contributed by atoms with Crippen molar-refractivity contribution in [3.63, 3.8) is 0 Å². The van der Waals surface area contributed by atoms with E-state index in [9.17, 15) is 4.79 Å². The standard InChI is InChI=1S/C14H19N5O2/c1-3-19-9-15-18-13(19)11-6-4-5-7-12(11)17-14(21)16-10(2)8-20/h4-7,9-10,20H,3,8H2,1-2H3,(H2,16,17,21). The van der Waals surface area contributed by atoms with E-state index < -0.39 is 0 Å². The molecule has 0 aliphatic rings. The maximum absolute atomic E-state index is 11.9. The molecule has 2 amide bonds. The molecule has 112 valence electrons. The Morgan fingerprint density at radius 2 is 2.19 bits per heavy atom. The molecular formula is C14H19N5O2. The van der Waals surface area contributed by atoms with Crippen molar-refractivity contribution in [1.82, 2.24) is 20.1 Å². The van der Waals surface area contributed by atoms with Gasteiger partial charge in [-0.05, 0) is 26.0 Å². The highest BCUT2D eigenvalue weighted by Gasteiger charge is 2.13. The van der Waals surface area contributed by atoms with Crippen LogP contribution in [0.1, 0.15) is 13.8 Å². The van der Waals surface area contributed by atoms with Gasteiger partial charge in [-0.3, -0.25) is 0 Å². The first-order chi connectivity index (χ1) is 10.2. The summed E-state index contributed by atoms with van der Waals surface area (Å²) in [4.78, 5) is 11.9. The molecule has 0 spiro atoms. The number of aliphatic hydroxyl groups is 1. The predicted molar refractivity (Wildman–Crippen MR) is 79.8 cm³/mol. The molecule has 2 aromatic rings. The van der Waals surface area contributed by atoms with Crippen LogP contribution in [0.25, 0.3) is 11.4 Å². The van der Waals surface area contributed by atoms with Gasteiger partial charge in [0.2, 0.25) is 0 Å². The van der Waals surface area contributed by atoms with Crippen LogP contribution in [0.15, 0.2) is 30.6 Å². The number of rotatable bonds is 5. The number of benzene rings is 1. The summed E-state index contributed by atoms with van der Waals surface area (Å²) in [5.74, 6) is 0.698. The monoisotopic (exact) mass is 289 g/mol. The zero-order chi connectivity index (χ0) is 15.2.